The van der Waals surface area contributed by atoms with Crippen LogP contribution in [0.3, 0.4) is 0 Å². The lowest BCUT2D eigenvalue weighted by Gasteiger charge is -2.40. The van der Waals surface area contributed by atoms with Gasteiger partial charge in [-0.1, -0.05) is 6.42 Å². The number of thiocarbonyl (C=S) groups is 1. The number of rotatable bonds is 3. The Morgan fingerprint density at radius 1 is 1.64 bits per heavy atom. The second-order valence-corrected chi connectivity index (χ2v) is 5.07. The second kappa shape index (κ2) is 3.93. The standard InChI is InChI=1S/C11H13NS2/c1-9-3-6-14-10(9)11(4-2-5-11)7-12-8-13/h3,6H,2,4-5,7H2,1H3. The molecule has 3 heteroatoms. The van der Waals surface area contributed by atoms with Crippen LogP contribution >= 0.6 is 23.6 Å². The summed E-state index contributed by atoms with van der Waals surface area (Å²) in [5, 5.41) is 4.66. The minimum absolute atomic E-state index is 0.310. The summed E-state index contributed by atoms with van der Waals surface area (Å²) in [6, 6.07) is 2.20. The number of nitrogens with zero attached hydrogens (tertiary/aromatic N) is 1. The lowest BCUT2D eigenvalue weighted by molar-refractivity contribution is 0.259. The van der Waals surface area contributed by atoms with Crippen LogP contribution < -0.4 is 0 Å². The Balaban J connectivity index is 2.28. The first-order valence-corrected chi connectivity index (χ1v) is 6.15. The Morgan fingerprint density at radius 2 is 2.43 bits per heavy atom. The summed E-state index contributed by atoms with van der Waals surface area (Å²) in [7, 11) is 0. The van der Waals surface area contributed by atoms with E-state index in [1.165, 1.54) is 29.7 Å². The zero-order chi connectivity index (χ0) is 10.0. The molecule has 0 bridgehead atoms. The maximum Gasteiger partial charge on any atom is 0.0597 e. The Kier molecular flexibility index (Phi) is 2.82. The van der Waals surface area contributed by atoms with E-state index in [-0.39, 0.29) is 0 Å². The van der Waals surface area contributed by atoms with Gasteiger partial charge in [-0.3, -0.25) is 0 Å². The highest BCUT2D eigenvalue weighted by molar-refractivity contribution is 7.78. The van der Waals surface area contributed by atoms with Crippen molar-refractivity contribution in [1.29, 1.82) is 0 Å². The first-order chi connectivity index (χ1) is 6.78. The molecule has 0 unspecified atom stereocenters. The third kappa shape index (κ3) is 1.56. The fourth-order valence-electron chi connectivity index (χ4n) is 2.16. The summed E-state index contributed by atoms with van der Waals surface area (Å²) in [6.45, 7) is 3.02. The van der Waals surface area contributed by atoms with Crippen LogP contribution in [0.15, 0.2) is 16.4 Å². The molecule has 14 heavy (non-hydrogen) atoms. The van der Waals surface area contributed by atoms with Crippen molar-refractivity contribution in [1.82, 2.24) is 0 Å². The number of hydrogen-bond donors (Lipinski definition) is 0. The lowest BCUT2D eigenvalue weighted by Crippen LogP contribution is -2.37. The third-order valence-corrected chi connectivity index (χ3v) is 4.49. The molecule has 0 saturated heterocycles. The molecule has 0 amide bonds. The zero-order valence-electron chi connectivity index (χ0n) is 8.25. The molecule has 74 valence electrons. The molecule has 1 saturated carbocycles. The third-order valence-electron chi connectivity index (χ3n) is 3.10. The van der Waals surface area contributed by atoms with Crippen molar-refractivity contribution in [2.75, 3.05) is 6.54 Å². The number of hydrogen-bond acceptors (Lipinski definition) is 3. The highest BCUT2D eigenvalue weighted by Gasteiger charge is 2.40. The molecular formula is C11H13NS2. The molecule has 0 N–H and O–H groups in total. The van der Waals surface area contributed by atoms with Crippen molar-refractivity contribution >= 4 is 28.7 Å². The van der Waals surface area contributed by atoms with Crippen molar-refractivity contribution in [3.05, 3.63) is 21.9 Å². The molecule has 1 aliphatic carbocycles. The van der Waals surface area contributed by atoms with Gasteiger partial charge in [0.15, 0.2) is 0 Å². The summed E-state index contributed by atoms with van der Waals surface area (Å²) < 4.78 is 0. The summed E-state index contributed by atoms with van der Waals surface area (Å²) in [5.41, 5.74) is 1.72. The predicted octanol–water partition coefficient (Wildman–Crippen LogP) is 3.58. The van der Waals surface area contributed by atoms with Crippen molar-refractivity contribution in [2.24, 2.45) is 4.99 Å². The predicted molar refractivity (Wildman–Crippen MR) is 64.5 cm³/mol. The lowest BCUT2D eigenvalue weighted by atomic mass is 9.67. The quantitative estimate of drug-likeness (QED) is 0.563. The van der Waals surface area contributed by atoms with Crippen molar-refractivity contribution < 1.29 is 0 Å². The summed E-state index contributed by atoms with van der Waals surface area (Å²) >= 11 is 6.50. The molecule has 0 aromatic carbocycles. The van der Waals surface area contributed by atoms with E-state index in [9.17, 15) is 0 Å². The van der Waals surface area contributed by atoms with Crippen LogP contribution in [0, 0.1) is 6.92 Å². The molecule has 0 radical (unpaired) electrons. The van der Waals surface area contributed by atoms with E-state index < -0.39 is 0 Å². The van der Waals surface area contributed by atoms with Gasteiger partial charge in [0.05, 0.1) is 11.7 Å². The Hall–Kier alpha value is -0.500. The van der Waals surface area contributed by atoms with E-state index in [1.54, 1.807) is 0 Å². The van der Waals surface area contributed by atoms with E-state index in [0.29, 0.717) is 5.41 Å². The molecule has 0 atom stereocenters. The fraction of sp³-hybridized carbons (Fsp3) is 0.545. The van der Waals surface area contributed by atoms with Crippen molar-refractivity contribution in [2.45, 2.75) is 31.6 Å². The van der Waals surface area contributed by atoms with Gasteiger partial charge in [0.1, 0.15) is 0 Å². The molecule has 0 aliphatic heterocycles. The average molecular weight is 223 g/mol. The second-order valence-electron chi connectivity index (χ2n) is 3.97. The highest BCUT2D eigenvalue weighted by atomic mass is 32.1. The highest BCUT2D eigenvalue weighted by Crippen LogP contribution is 2.47. The van der Waals surface area contributed by atoms with E-state index >= 15 is 0 Å². The first kappa shape index (κ1) is 10.0. The van der Waals surface area contributed by atoms with Crippen molar-refractivity contribution in [3.8, 4) is 0 Å². The molecular weight excluding hydrogens is 210 g/mol. The largest absolute Gasteiger partial charge is 0.232 e. The first-order valence-electron chi connectivity index (χ1n) is 4.87. The molecule has 1 aromatic heterocycles. The number of thiophene rings is 1. The summed E-state index contributed by atoms with van der Waals surface area (Å²) in [6.07, 6.45) is 3.84. The minimum atomic E-state index is 0.310. The van der Waals surface area contributed by atoms with Gasteiger partial charge in [-0.2, -0.15) is 0 Å². The van der Waals surface area contributed by atoms with Gasteiger partial charge in [-0.25, -0.2) is 4.99 Å². The zero-order valence-corrected chi connectivity index (χ0v) is 9.88. The maximum absolute atomic E-state index is 4.64. The smallest absolute Gasteiger partial charge is 0.0597 e. The van der Waals surface area contributed by atoms with E-state index in [4.69, 9.17) is 0 Å². The van der Waals surface area contributed by atoms with E-state index in [1.807, 2.05) is 11.3 Å². The topological polar surface area (TPSA) is 12.4 Å². The van der Waals surface area contributed by atoms with E-state index in [0.717, 1.165) is 6.54 Å². The van der Waals surface area contributed by atoms with Gasteiger partial charge in [-0.05, 0) is 49.0 Å². The van der Waals surface area contributed by atoms with Gasteiger partial charge in [0, 0.05) is 10.3 Å². The van der Waals surface area contributed by atoms with E-state index in [2.05, 4.69) is 40.7 Å². The molecule has 1 aliphatic rings. The molecule has 1 heterocycles. The van der Waals surface area contributed by atoms with Crippen LogP contribution in [0.5, 0.6) is 0 Å². The van der Waals surface area contributed by atoms with Gasteiger partial charge in [0.25, 0.3) is 0 Å². The molecule has 1 aromatic rings. The Bertz CT molecular complexity index is 370. The van der Waals surface area contributed by atoms with Crippen LogP contribution in [0.4, 0.5) is 0 Å². The Labute approximate surface area is 93.9 Å². The molecule has 1 nitrogen and oxygen atoms in total. The fourth-order valence-corrected chi connectivity index (χ4v) is 3.41. The molecule has 1 fully saturated rings. The molecule has 0 spiro atoms. The minimum Gasteiger partial charge on any atom is -0.232 e. The van der Waals surface area contributed by atoms with Gasteiger partial charge in [0.2, 0.25) is 0 Å². The maximum atomic E-state index is 4.64. The SMILES string of the molecule is Cc1ccsc1C1(CN=C=S)CCC1. The Morgan fingerprint density at radius 3 is 2.86 bits per heavy atom. The van der Waals surface area contributed by atoms with Crippen LogP contribution in [-0.2, 0) is 5.41 Å². The van der Waals surface area contributed by atoms with Crippen LogP contribution in [0.1, 0.15) is 29.7 Å². The van der Waals surface area contributed by atoms with Gasteiger partial charge < -0.3 is 0 Å². The normalized spacial score (nSPS) is 18.4. The van der Waals surface area contributed by atoms with Crippen LogP contribution in [0.25, 0.3) is 0 Å². The van der Waals surface area contributed by atoms with Crippen molar-refractivity contribution in [3.63, 3.8) is 0 Å². The van der Waals surface area contributed by atoms with Crippen LogP contribution in [0.2, 0.25) is 0 Å². The number of isothiocyanates is 1. The number of aliphatic imine (C=N–C) groups is 1. The number of aryl methyl sites for hydroxylation is 1. The average Bonchev–Trinajstić information content (AvgIpc) is 2.51. The monoisotopic (exact) mass is 223 g/mol. The molecule has 2 rings (SSSR count). The summed E-state index contributed by atoms with van der Waals surface area (Å²) in [4.78, 5) is 5.65. The summed E-state index contributed by atoms with van der Waals surface area (Å²) in [5.74, 6) is 0. The van der Waals surface area contributed by atoms with Gasteiger partial charge in [-0.15, -0.1) is 11.3 Å². The van der Waals surface area contributed by atoms with Gasteiger partial charge >= 0.3 is 0 Å². The van der Waals surface area contributed by atoms with Crippen LogP contribution in [-0.4, -0.2) is 11.7 Å².